The topological polar surface area (TPSA) is 98.8 Å². The molecule has 1 N–H and O–H groups in total. The molecule has 0 heterocycles. The maximum atomic E-state index is 12.1. The molecule has 0 bridgehead atoms. The van der Waals surface area contributed by atoms with E-state index in [2.05, 4.69) is 0 Å². The van der Waals surface area contributed by atoms with Crippen molar-refractivity contribution in [2.45, 2.75) is 18.7 Å². The van der Waals surface area contributed by atoms with Gasteiger partial charge >= 0.3 is 5.97 Å². The molecule has 2 aromatic rings. The first-order valence-corrected chi connectivity index (χ1v) is 9.32. The van der Waals surface area contributed by atoms with E-state index in [1.165, 1.54) is 18.2 Å². The van der Waals surface area contributed by atoms with Crippen LogP contribution in [-0.4, -0.2) is 33.5 Å². The Hall–Kier alpha value is -2.87. The zero-order chi connectivity index (χ0) is 19.2. The third-order valence-corrected chi connectivity index (χ3v) is 4.68. The van der Waals surface area contributed by atoms with Gasteiger partial charge in [0.1, 0.15) is 5.75 Å². The normalized spacial score (nSPS) is 10.8. The fourth-order valence-corrected chi connectivity index (χ4v) is 3.00. The van der Waals surface area contributed by atoms with Crippen LogP contribution in [0.5, 0.6) is 5.75 Å². The Labute approximate surface area is 152 Å². The van der Waals surface area contributed by atoms with E-state index in [1.807, 2.05) is 11.6 Å². The Balaban J connectivity index is 1.97. The van der Waals surface area contributed by atoms with Crippen molar-refractivity contribution in [1.82, 2.24) is 4.72 Å². The Morgan fingerprint density at radius 2 is 1.77 bits per heavy atom. The van der Waals surface area contributed by atoms with Crippen molar-refractivity contribution < 1.29 is 27.5 Å². The molecule has 7 nitrogen and oxygen atoms in total. The van der Waals surface area contributed by atoms with Gasteiger partial charge in [-0.25, -0.2) is 17.9 Å². The quantitative estimate of drug-likeness (QED) is 0.742. The van der Waals surface area contributed by atoms with Gasteiger partial charge in [-0.2, -0.15) is 0 Å². The molecule has 0 saturated carbocycles. The summed E-state index contributed by atoms with van der Waals surface area (Å²) in [5.41, 5.74) is 1.18. The van der Waals surface area contributed by atoms with Gasteiger partial charge in [0.25, 0.3) is 15.9 Å². The molecule has 0 saturated heterocycles. The highest BCUT2D eigenvalue weighted by atomic mass is 32.2. The number of sulfonamides is 1. The predicted molar refractivity (Wildman–Crippen MR) is 94.4 cm³/mol. The number of rotatable bonds is 7. The summed E-state index contributed by atoms with van der Waals surface area (Å²) in [4.78, 5) is 23.5. The number of ether oxygens (including phenoxy) is 2. The molecule has 2 aromatic carbocycles. The lowest BCUT2D eigenvalue weighted by atomic mass is 10.2. The monoisotopic (exact) mass is 377 g/mol. The van der Waals surface area contributed by atoms with Crippen molar-refractivity contribution in [1.29, 1.82) is 0 Å². The molecule has 0 atom stereocenters. The number of hydrogen-bond acceptors (Lipinski definition) is 6. The average Bonchev–Trinajstić information content (AvgIpc) is 2.60. The molecule has 0 spiro atoms. The molecule has 2 rings (SSSR count). The zero-order valence-electron chi connectivity index (χ0n) is 14.4. The molecule has 26 heavy (non-hydrogen) atoms. The number of aryl methyl sites for hydroxylation is 1. The van der Waals surface area contributed by atoms with Crippen molar-refractivity contribution in [2.75, 3.05) is 13.2 Å². The first kappa shape index (κ1) is 19.5. The third kappa shape index (κ3) is 5.32. The van der Waals surface area contributed by atoms with Crippen LogP contribution < -0.4 is 9.46 Å². The van der Waals surface area contributed by atoms with Crippen LogP contribution in [0.15, 0.2) is 53.4 Å². The summed E-state index contributed by atoms with van der Waals surface area (Å²) in [5.74, 6) is -1.09. The van der Waals surface area contributed by atoms with Crippen LogP contribution in [0.2, 0.25) is 0 Å². The van der Waals surface area contributed by atoms with E-state index in [0.29, 0.717) is 0 Å². The fourth-order valence-electron chi connectivity index (χ4n) is 2.03. The van der Waals surface area contributed by atoms with Crippen molar-refractivity contribution in [3.63, 3.8) is 0 Å². The molecular weight excluding hydrogens is 358 g/mol. The molecule has 0 radical (unpaired) electrons. The lowest BCUT2D eigenvalue weighted by Gasteiger charge is -2.09. The Bertz CT molecular complexity index is 890. The van der Waals surface area contributed by atoms with Crippen molar-refractivity contribution in [3.8, 4) is 5.75 Å². The molecule has 1 amide bonds. The van der Waals surface area contributed by atoms with Crippen LogP contribution in [0.4, 0.5) is 0 Å². The van der Waals surface area contributed by atoms with Gasteiger partial charge < -0.3 is 9.47 Å². The predicted octanol–water partition coefficient (Wildman–Crippen LogP) is 2.06. The molecule has 138 valence electrons. The van der Waals surface area contributed by atoms with Crippen molar-refractivity contribution >= 4 is 21.9 Å². The minimum atomic E-state index is -3.96. The minimum absolute atomic E-state index is 0.0132. The second-order valence-corrected chi connectivity index (χ2v) is 7.06. The number of amides is 1. The number of esters is 1. The summed E-state index contributed by atoms with van der Waals surface area (Å²) in [6.45, 7) is 3.24. The van der Waals surface area contributed by atoms with E-state index in [1.54, 1.807) is 37.3 Å². The molecular formula is C18H19NO6S. The standard InChI is InChI=1S/C18H19NO6S/c1-3-24-18(21)14-5-4-6-15(11-14)25-12-17(20)19-26(22,23)16-9-7-13(2)8-10-16/h4-11H,3,12H2,1-2H3,(H,19,20). The van der Waals surface area contributed by atoms with Crippen LogP contribution in [0.1, 0.15) is 22.8 Å². The summed E-state index contributed by atoms with van der Waals surface area (Å²) in [7, 11) is -3.96. The van der Waals surface area contributed by atoms with Gasteiger partial charge in [-0.05, 0) is 44.2 Å². The third-order valence-electron chi connectivity index (χ3n) is 3.29. The second-order valence-electron chi connectivity index (χ2n) is 5.38. The Kier molecular flexibility index (Phi) is 6.35. The van der Waals surface area contributed by atoms with E-state index in [9.17, 15) is 18.0 Å². The molecule has 0 aliphatic carbocycles. The highest BCUT2D eigenvalue weighted by Crippen LogP contribution is 2.14. The average molecular weight is 377 g/mol. The van der Waals surface area contributed by atoms with E-state index < -0.39 is 28.5 Å². The highest BCUT2D eigenvalue weighted by molar-refractivity contribution is 7.90. The fraction of sp³-hybridized carbons (Fsp3) is 0.222. The van der Waals surface area contributed by atoms with Gasteiger partial charge in [0, 0.05) is 0 Å². The molecule has 0 aliphatic rings. The number of carbonyl (C=O) groups is 2. The lowest BCUT2D eigenvalue weighted by Crippen LogP contribution is -2.34. The lowest BCUT2D eigenvalue weighted by molar-refractivity contribution is -0.121. The van der Waals surface area contributed by atoms with Crippen LogP contribution in [0.3, 0.4) is 0 Å². The number of hydrogen-bond donors (Lipinski definition) is 1. The summed E-state index contributed by atoms with van der Waals surface area (Å²) in [5, 5.41) is 0. The van der Waals surface area contributed by atoms with Crippen molar-refractivity contribution in [3.05, 3.63) is 59.7 Å². The van der Waals surface area contributed by atoms with E-state index >= 15 is 0 Å². The van der Waals surface area contributed by atoms with Gasteiger partial charge in [0.2, 0.25) is 0 Å². The first-order valence-electron chi connectivity index (χ1n) is 7.84. The smallest absolute Gasteiger partial charge is 0.338 e. The van der Waals surface area contributed by atoms with Crippen LogP contribution in [-0.2, 0) is 19.6 Å². The van der Waals surface area contributed by atoms with E-state index in [4.69, 9.17) is 9.47 Å². The minimum Gasteiger partial charge on any atom is -0.484 e. The Morgan fingerprint density at radius 3 is 2.42 bits per heavy atom. The number of benzene rings is 2. The summed E-state index contributed by atoms with van der Waals surface area (Å²) >= 11 is 0. The SMILES string of the molecule is CCOC(=O)c1cccc(OCC(=O)NS(=O)(=O)c2ccc(C)cc2)c1. The van der Waals surface area contributed by atoms with Gasteiger partial charge in [0.05, 0.1) is 17.1 Å². The molecule has 0 aliphatic heterocycles. The van der Waals surface area contributed by atoms with Crippen molar-refractivity contribution in [2.24, 2.45) is 0 Å². The van der Waals surface area contributed by atoms with Crippen LogP contribution in [0, 0.1) is 6.92 Å². The summed E-state index contributed by atoms with van der Waals surface area (Å²) in [6, 6.07) is 12.2. The Morgan fingerprint density at radius 1 is 1.08 bits per heavy atom. The second kappa shape index (κ2) is 8.48. The summed E-state index contributed by atoms with van der Waals surface area (Å²) in [6.07, 6.45) is 0. The van der Waals surface area contributed by atoms with E-state index in [0.717, 1.165) is 5.56 Å². The maximum absolute atomic E-state index is 12.1. The highest BCUT2D eigenvalue weighted by Gasteiger charge is 2.18. The van der Waals surface area contributed by atoms with Gasteiger partial charge in [-0.15, -0.1) is 0 Å². The molecule has 0 aromatic heterocycles. The van der Waals surface area contributed by atoms with Gasteiger partial charge in [-0.1, -0.05) is 23.8 Å². The van der Waals surface area contributed by atoms with Gasteiger partial charge in [0.15, 0.2) is 6.61 Å². The zero-order valence-corrected chi connectivity index (χ0v) is 15.2. The molecule has 0 fully saturated rings. The van der Waals surface area contributed by atoms with E-state index in [-0.39, 0.29) is 22.8 Å². The van der Waals surface area contributed by atoms with Crippen LogP contribution in [0.25, 0.3) is 0 Å². The number of nitrogens with one attached hydrogen (secondary N) is 1. The maximum Gasteiger partial charge on any atom is 0.338 e. The largest absolute Gasteiger partial charge is 0.484 e. The van der Waals surface area contributed by atoms with Crippen LogP contribution >= 0.6 is 0 Å². The van der Waals surface area contributed by atoms with Gasteiger partial charge in [-0.3, -0.25) is 4.79 Å². The number of carbonyl (C=O) groups excluding carboxylic acids is 2. The first-order chi connectivity index (χ1) is 12.3. The molecule has 0 unspecified atom stereocenters. The molecule has 8 heteroatoms. The summed E-state index contributed by atoms with van der Waals surface area (Å²) < 4.78 is 36.3.